The van der Waals surface area contributed by atoms with E-state index >= 15 is 0 Å². The van der Waals surface area contributed by atoms with Gasteiger partial charge in [0.25, 0.3) is 0 Å². The van der Waals surface area contributed by atoms with Crippen molar-refractivity contribution in [1.82, 2.24) is 19.9 Å². The van der Waals surface area contributed by atoms with Gasteiger partial charge in [-0.3, -0.25) is 0 Å². The normalized spacial score (nSPS) is 11.5. The molecule has 7 nitrogen and oxygen atoms in total. The minimum Gasteiger partial charge on any atom is -0.493 e. The van der Waals surface area contributed by atoms with E-state index in [4.69, 9.17) is 9.47 Å². The fourth-order valence-electron chi connectivity index (χ4n) is 3.16. The van der Waals surface area contributed by atoms with Crippen molar-refractivity contribution in [2.45, 2.75) is 12.6 Å². The van der Waals surface area contributed by atoms with Crippen LogP contribution in [-0.4, -0.2) is 33.6 Å². The van der Waals surface area contributed by atoms with Gasteiger partial charge < -0.3 is 14.8 Å². The number of alkyl halides is 3. The molecule has 0 fully saturated rings. The Morgan fingerprint density at radius 2 is 1.74 bits per heavy atom. The van der Waals surface area contributed by atoms with Crippen molar-refractivity contribution in [3.05, 3.63) is 71.9 Å². The van der Waals surface area contributed by atoms with Crippen LogP contribution in [0, 0.1) is 11.6 Å². The summed E-state index contributed by atoms with van der Waals surface area (Å²) < 4.78 is 77.3. The summed E-state index contributed by atoms with van der Waals surface area (Å²) in [5.74, 6) is -2.34. The molecule has 0 aliphatic heterocycles. The largest absolute Gasteiger partial charge is 0.493 e. The number of rotatable bonds is 7. The minimum absolute atomic E-state index is 0.0492. The predicted octanol–water partition coefficient (Wildman–Crippen LogP) is 5.17. The molecule has 1 N–H and O–H groups in total. The molecule has 2 aromatic carbocycles. The zero-order chi connectivity index (χ0) is 24.3. The summed E-state index contributed by atoms with van der Waals surface area (Å²) in [4.78, 5) is 14.3. The summed E-state index contributed by atoms with van der Waals surface area (Å²) in [5, 5.41) is 2.91. The molecule has 2 heterocycles. The lowest BCUT2D eigenvalue weighted by Crippen LogP contribution is -2.11. The standard InChI is InChI=1S/C22H16F5N5O2/c1-33-16-10-12(2-5-15(16)34-17-7-9-29-21(32-17)22(25,26)27)6-8-28-20-18-13(23)3-4-14(24)19(18)30-11-31-20/h2-5,7,9-11H,6,8H2,1H3,(H,28,30,31). The molecule has 34 heavy (non-hydrogen) atoms. The second-order valence-corrected chi connectivity index (χ2v) is 6.96. The first-order chi connectivity index (χ1) is 16.3. The van der Waals surface area contributed by atoms with Gasteiger partial charge in [0.15, 0.2) is 11.5 Å². The average Bonchev–Trinajstić information content (AvgIpc) is 2.82. The average molecular weight is 477 g/mol. The summed E-state index contributed by atoms with van der Waals surface area (Å²) in [6, 6.07) is 8.05. The number of benzene rings is 2. The number of hydrogen-bond acceptors (Lipinski definition) is 7. The predicted molar refractivity (Wildman–Crippen MR) is 112 cm³/mol. The van der Waals surface area contributed by atoms with Crippen molar-refractivity contribution in [1.29, 1.82) is 0 Å². The topological polar surface area (TPSA) is 82.0 Å². The highest BCUT2D eigenvalue weighted by Gasteiger charge is 2.35. The monoisotopic (exact) mass is 477 g/mol. The molecule has 0 spiro atoms. The number of anilines is 1. The van der Waals surface area contributed by atoms with Crippen LogP contribution in [0.2, 0.25) is 0 Å². The Balaban J connectivity index is 1.47. The van der Waals surface area contributed by atoms with Gasteiger partial charge in [0, 0.05) is 18.8 Å². The van der Waals surface area contributed by atoms with E-state index in [2.05, 4.69) is 25.3 Å². The molecule has 0 radical (unpaired) electrons. The third-order valence-electron chi connectivity index (χ3n) is 4.72. The number of halogens is 5. The van der Waals surface area contributed by atoms with E-state index < -0.39 is 23.6 Å². The van der Waals surface area contributed by atoms with Crippen molar-refractivity contribution >= 4 is 16.7 Å². The van der Waals surface area contributed by atoms with E-state index in [-0.39, 0.29) is 34.1 Å². The van der Waals surface area contributed by atoms with Gasteiger partial charge in [-0.05, 0) is 36.2 Å². The highest BCUT2D eigenvalue weighted by atomic mass is 19.4. The van der Waals surface area contributed by atoms with Crippen molar-refractivity contribution in [2.75, 3.05) is 19.0 Å². The van der Waals surface area contributed by atoms with Gasteiger partial charge in [-0.1, -0.05) is 6.07 Å². The summed E-state index contributed by atoms with van der Waals surface area (Å²) in [6.07, 6.45) is -2.18. The van der Waals surface area contributed by atoms with Crippen LogP contribution in [0.5, 0.6) is 17.4 Å². The van der Waals surface area contributed by atoms with Gasteiger partial charge in [0.2, 0.25) is 11.7 Å². The van der Waals surface area contributed by atoms with Crippen LogP contribution in [0.25, 0.3) is 10.9 Å². The fraction of sp³-hybridized carbons (Fsp3) is 0.182. The Labute approximate surface area is 189 Å². The second-order valence-electron chi connectivity index (χ2n) is 6.96. The molecule has 0 atom stereocenters. The highest BCUT2D eigenvalue weighted by Crippen LogP contribution is 2.33. The van der Waals surface area contributed by atoms with Crippen LogP contribution in [-0.2, 0) is 12.6 Å². The van der Waals surface area contributed by atoms with E-state index in [1.54, 1.807) is 12.1 Å². The molecule has 0 unspecified atom stereocenters. The molecule has 0 saturated heterocycles. The van der Waals surface area contributed by atoms with Gasteiger partial charge in [0.1, 0.15) is 29.3 Å². The SMILES string of the molecule is COc1cc(CCNc2ncnc3c(F)ccc(F)c23)ccc1Oc1ccnc(C(F)(F)F)n1. The van der Waals surface area contributed by atoms with E-state index in [0.29, 0.717) is 13.0 Å². The van der Waals surface area contributed by atoms with Crippen molar-refractivity contribution in [3.8, 4) is 17.4 Å². The molecule has 0 saturated carbocycles. The Bertz CT molecular complexity index is 1330. The molecular formula is C22H16F5N5O2. The third kappa shape index (κ3) is 4.95. The van der Waals surface area contributed by atoms with Gasteiger partial charge in [0.05, 0.1) is 12.5 Å². The van der Waals surface area contributed by atoms with Crippen molar-refractivity contribution < 1.29 is 31.4 Å². The van der Waals surface area contributed by atoms with Gasteiger partial charge in [-0.15, -0.1) is 0 Å². The van der Waals surface area contributed by atoms with E-state index in [0.717, 1.165) is 30.2 Å². The lowest BCUT2D eigenvalue weighted by atomic mass is 10.1. The molecule has 0 aliphatic rings. The fourth-order valence-corrected chi connectivity index (χ4v) is 3.16. The van der Waals surface area contributed by atoms with Crippen LogP contribution in [0.1, 0.15) is 11.4 Å². The van der Waals surface area contributed by atoms with Crippen LogP contribution in [0.3, 0.4) is 0 Å². The number of methoxy groups -OCH3 is 1. The summed E-state index contributed by atoms with van der Waals surface area (Å²) >= 11 is 0. The van der Waals surface area contributed by atoms with Crippen LogP contribution in [0.15, 0.2) is 48.9 Å². The Morgan fingerprint density at radius 1 is 0.941 bits per heavy atom. The summed E-state index contributed by atoms with van der Waals surface area (Å²) in [7, 11) is 1.38. The zero-order valence-electron chi connectivity index (χ0n) is 17.5. The van der Waals surface area contributed by atoms with Crippen LogP contribution >= 0.6 is 0 Å². The molecule has 4 aromatic rings. The maximum Gasteiger partial charge on any atom is 0.451 e. The molecule has 2 aromatic heterocycles. The molecule has 4 rings (SSSR count). The zero-order valence-corrected chi connectivity index (χ0v) is 17.5. The number of hydrogen-bond donors (Lipinski definition) is 1. The van der Waals surface area contributed by atoms with Crippen molar-refractivity contribution in [2.24, 2.45) is 0 Å². The second kappa shape index (κ2) is 9.41. The Hall–Kier alpha value is -4.09. The van der Waals surface area contributed by atoms with Crippen LogP contribution < -0.4 is 14.8 Å². The van der Waals surface area contributed by atoms with Crippen molar-refractivity contribution in [3.63, 3.8) is 0 Å². The lowest BCUT2D eigenvalue weighted by molar-refractivity contribution is -0.145. The van der Waals surface area contributed by atoms with Gasteiger partial charge in [-0.2, -0.15) is 18.2 Å². The van der Waals surface area contributed by atoms with Gasteiger partial charge >= 0.3 is 6.18 Å². The number of ether oxygens (including phenoxy) is 2. The number of nitrogens with zero attached hydrogens (tertiary/aromatic N) is 4. The maximum atomic E-state index is 14.2. The third-order valence-corrected chi connectivity index (χ3v) is 4.72. The van der Waals surface area contributed by atoms with Gasteiger partial charge in [-0.25, -0.2) is 23.7 Å². The van der Waals surface area contributed by atoms with Crippen LogP contribution in [0.4, 0.5) is 27.8 Å². The Kier molecular flexibility index (Phi) is 6.39. The first kappa shape index (κ1) is 23.1. The molecule has 176 valence electrons. The van der Waals surface area contributed by atoms with E-state index in [1.165, 1.54) is 19.2 Å². The maximum absolute atomic E-state index is 14.2. The van der Waals surface area contributed by atoms with E-state index in [1.807, 2.05) is 0 Å². The smallest absolute Gasteiger partial charge is 0.451 e. The lowest BCUT2D eigenvalue weighted by Gasteiger charge is -2.13. The molecular weight excluding hydrogens is 461 g/mol. The minimum atomic E-state index is -4.70. The number of aromatic nitrogens is 4. The summed E-state index contributed by atoms with van der Waals surface area (Å²) in [6.45, 7) is 0.312. The number of nitrogens with one attached hydrogen (secondary N) is 1. The first-order valence-electron chi connectivity index (χ1n) is 9.84. The van der Waals surface area contributed by atoms with E-state index in [9.17, 15) is 22.0 Å². The molecule has 0 amide bonds. The highest BCUT2D eigenvalue weighted by molar-refractivity contribution is 5.89. The number of fused-ring (bicyclic) bond motifs is 1. The molecule has 0 bridgehead atoms. The quantitative estimate of drug-likeness (QED) is 0.368. The Morgan fingerprint density at radius 3 is 2.50 bits per heavy atom. The first-order valence-corrected chi connectivity index (χ1v) is 9.84. The molecule has 0 aliphatic carbocycles. The summed E-state index contributed by atoms with van der Waals surface area (Å²) in [5.41, 5.74) is 0.652. The molecule has 12 heteroatoms.